The van der Waals surface area contributed by atoms with Gasteiger partial charge >= 0.3 is 0 Å². The molecule has 0 aliphatic heterocycles. The third-order valence-corrected chi connectivity index (χ3v) is 4.28. The highest BCUT2D eigenvalue weighted by Crippen LogP contribution is 2.24. The van der Waals surface area contributed by atoms with Crippen molar-refractivity contribution in [1.82, 2.24) is 14.8 Å². The first-order valence-corrected chi connectivity index (χ1v) is 7.97. The lowest BCUT2D eigenvalue weighted by molar-refractivity contribution is 0.102. The second-order valence-corrected chi connectivity index (χ2v) is 6.01. The minimum Gasteiger partial charge on any atom is -0.319 e. The van der Waals surface area contributed by atoms with Gasteiger partial charge in [0.1, 0.15) is 5.15 Å². The molecule has 1 N–H and O–H groups in total. The molecule has 0 unspecified atom stereocenters. The van der Waals surface area contributed by atoms with Crippen LogP contribution in [0.2, 0.25) is 10.2 Å². The molecule has 0 fully saturated rings. The number of hydrogen-bond donors (Lipinski definition) is 1. The second kappa shape index (κ2) is 6.63. The Balaban J connectivity index is 1.92. The van der Waals surface area contributed by atoms with E-state index in [1.165, 1.54) is 12.3 Å². The van der Waals surface area contributed by atoms with E-state index < -0.39 is 0 Å². The standard InChI is InChI=1S/C17H14Cl2N4O/c1-10-15(11(2)23(22-10)13-6-4-3-5-7-13)21-17(24)12-8-14(18)16(19)20-9-12/h3-9H,1-2H3,(H,21,24). The molecule has 0 saturated heterocycles. The first-order valence-electron chi connectivity index (χ1n) is 7.21. The minimum absolute atomic E-state index is 0.164. The lowest BCUT2D eigenvalue weighted by Crippen LogP contribution is -2.13. The smallest absolute Gasteiger partial charge is 0.257 e. The number of aryl methyl sites for hydroxylation is 1. The summed E-state index contributed by atoms with van der Waals surface area (Å²) in [4.78, 5) is 16.3. The maximum atomic E-state index is 12.4. The molecule has 2 aromatic heterocycles. The Bertz CT molecular complexity index is 906. The van der Waals surface area contributed by atoms with Crippen molar-refractivity contribution < 1.29 is 4.79 Å². The normalized spacial score (nSPS) is 10.7. The van der Waals surface area contributed by atoms with Crippen molar-refractivity contribution >= 4 is 34.8 Å². The molecular formula is C17H14Cl2N4O. The fourth-order valence-corrected chi connectivity index (χ4v) is 2.64. The molecule has 0 saturated carbocycles. The summed E-state index contributed by atoms with van der Waals surface area (Å²) in [6.45, 7) is 3.74. The number of amides is 1. The van der Waals surface area contributed by atoms with E-state index in [1.807, 2.05) is 44.2 Å². The van der Waals surface area contributed by atoms with E-state index in [0.29, 0.717) is 11.3 Å². The monoisotopic (exact) mass is 360 g/mol. The van der Waals surface area contributed by atoms with Crippen molar-refractivity contribution in [3.63, 3.8) is 0 Å². The van der Waals surface area contributed by atoms with Crippen molar-refractivity contribution in [2.75, 3.05) is 5.32 Å². The topological polar surface area (TPSA) is 59.8 Å². The van der Waals surface area contributed by atoms with Gasteiger partial charge < -0.3 is 5.32 Å². The Hall–Kier alpha value is -2.37. The Morgan fingerprint density at radius 3 is 2.54 bits per heavy atom. The number of para-hydroxylation sites is 1. The van der Waals surface area contributed by atoms with Gasteiger partial charge in [-0.1, -0.05) is 41.4 Å². The number of nitrogens with one attached hydrogen (secondary N) is 1. The molecule has 0 bridgehead atoms. The minimum atomic E-state index is -0.320. The number of nitrogens with zero attached hydrogens (tertiary/aromatic N) is 3. The Labute approximate surface area is 149 Å². The average molecular weight is 361 g/mol. The number of hydrogen-bond acceptors (Lipinski definition) is 3. The molecule has 0 aliphatic rings. The van der Waals surface area contributed by atoms with Crippen LogP contribution in [0, 0.1) is 13.8 Å². The number of aromatic nitrogens is 3. The van der Waals surface area contributed by atoms with E-state index in [0.717, 1.165) is 17.1 Å². The quantitative estimate of drug-likeness (QED) is 0.702. The number of rotatable bonds is 3. The Kier molecular flexibility index (Phi) is 4.55. The van der Waals surface area contributed by atoms with Crippen LogP contribution in [0.5, 0.6) is 0 Å². The van der Waals surface area contributed by atoms with Crippen LogP contribution in [0.1, 0.15) is 21.7 Å². The van der Waals surface area contributed by atoms with Gasteiger partial charge in [0, 0.05) is 6.20 Å². The zero-order chi connectivity index (χ0) is 17.3. The van der Waals surface area contributed by atoms with Crippen LogP contribution in [0.3, 0.4) is 0 Å². The van der Waals surface area contributed by atoms with E-state index in [9.17, 15) is 4.79 Å². The predicted molar refractivity (Wildman–Crippen MR) is 95.2 cm³/mol. The zero-order valence-corrected chi connectivity index (χ0v) is 14.6. The fraction of sp³-hybridized carbons (Fsp3) is 0.118. The molecule has 0 spiro atoms. The molecule has 1 aromatic carbocycles. The second-order valence-electron chi connectivity index (χ2n) is 5.24. The molecule has 0 radical (unpaired) electrons. The maximum Gasteiger partial charge on any atom is 0.257 e. The molecular weight excluding hydrogens is 347 g/mol. The predicted octanol–water partition coefficient (Wildman–Crippen LogP) is 4.44. The largest absolute Gasteiger partial charge is 0.319 e. The zero-order valence-electron chi connectivity index (χ0n) is 13.0. The molecule has 2 heterocycles. The Morgan fingerprint density at radius 1 is 1.17 bits per heavy atom. The number of benzene rings is 1. The van der Waals surface area contributed by atoms with Gasteiger partial charge in [-0.05, 0) is 32.0 Å². The van der Waals surface area contributed by atoms with E-state index in [2.05, 4.69) is 15.4 Å². The average Bonchev–Trinajstić information content (AvgIpc) is 2.86. The number of anilines is 1. The summed E-state index contributed by atoms with van der Waals surface area (Å²) in [5, 5.41) is 7.76. The SMILES string of the molecule is Cc1nn(-c2ccccc2)c(C)c1NC(=O)c1cnc(Cl)c(Cl)c1. The van der Waals surface area contributed by atoms with Crippen LogP contribution >= 0.6 is 23.2 Å². The third-order valence-electron chi connectivity index (χ3n) is 3.59. The summed E-state index contributed by atoms with van der Waals surface area (Å²) in [6.07, 6.45) is 1.38. The van der Waals surface area contributed by atoms with Gasteiger partial charge in [-0.25, -0.2) is 9.67 Å². The molecule has 0 aliphatic carbocycles. The van der Waals surface area contributed by atoms with E-state index in [4.69, 9.17) is 23.2 Å². The van der Waals surface area contributed by atoms with Gasteiger partial charge in [0.2, 0.25) is 0 Å². The van der Waals surface area contributed by atoms with Crippen LogP contribution in [-0.2, 0) is 0 Å². The van der Waals surface area contributed by atoms with Crippen LogP contribution < -0.4 is 5.32 Å². The van der Waals surface area contributed by atoms with Crippen LogP contribution in [0.4, 0.5) is 5.69 Å². The van der Waals surface area contributed by atoms with Crippen molar-refractivity contribution in [3.8, 4) is 5.69 Å². The fourth-order valence-electron chi connectivity index (χ4n) is 2.38. The van der Waals surface area contributed by atoms with Gasteiger partial charge in [-0.3, -0.25) is 4.79 Å². The van der Waals surface area contributed by atoms with Gasteiger partial charge in [0.05, 0.1) is 33.3 Å². The van der Waals surface area contributed by atoms with Crippen molar-refractivity contribution in [3.05, 3.63) is 69.7 Å². The molecule has 3 rings (SSSR count). The summed E-state index contributed by atoms with van der Waals surface area (Å²) >= 11 is 11.7. The van der Waals surface area contributed by atoms with Crippen molar-refractivity contribution in [1.29, 1.82) is 0 Å². The van der Waals surface area contributed by atoms with E-state index in [1.54, 1.807) is 4.68 Å². The molecule has 122 valence electrons. The van der Waals surface area contributed by atoms with Crippen molar-refractivity contribution in [2.24, 2.45) is 0 Å². The number of carbonyl (C=O) groups excluding carboxylic acids is 1. The molecule has 3 aromatic rings. The molecule has 5 nitrogen and oxygen atoms in total. The van der Waals surface area contributed by atoms with Gasteiger partial charge in [-0.2, -0.15) is 5.10 Å². The van der Waals surface area contributed by atoms with Crippen molar-refractivity contribution in [2.45, 2.75) is 13.8 Å². The number of carbonyl (C=O) groups is 1. The number of halogens is 2. The van der Waals surface area contributed by atoms with Gasteiger partial charge in [-0.15, -0.1) is 0 Å². The Morgan fingerprint density at radius 2 is 1.88 bits per heavy atom. The first kappa shape index (κ1) is 16.5. The molecule has 24 heavy (non-hydrogen) atoms. The lowest BCUT2D eigenvalue weighted by atomic mass is 10.2. The highest BCUT2D eigenvalue weighted by molar-refractivity contribution is 6.41. The molecule has 7 heteroatoms. The first-order chi connectivity index (χ1) is 11.5. The maximum absolute atomic E-state index is 12.4. The van der Waals surface area contributed by atoms with Gasteiger partial charge in [0.25, 0.3) is 5.91 Å². The number of pyridine rings is 1. The van der Waals surface area contributed by atoms with Crippen LogP contribution in [0.15, 0.2) is 42.6 Å². The highest BCUT2D eigenvalue weighted by Gasteiger charge is 2.17. The van der Waals surface area contributed by atoms with Gasteiger partial charge in [0.15, 0.2) is 0 Å². The lowest BCUT2D eigenvalue weighted by Gasteiger charge is -2.07. The third kappa shape index (κ3) is 3.13. The highest BCUT2D eigenvalue weighted by atomic mass is 35.5. The van der Waals surface area contributed by atoms with Crippen LogP contribution in [0.25, 0.3) is 5.69 Å². The van der Waals surface area contributed by atoms with Crippen LogP contribution in [-0.4, -0.2) is 20.7 Å². The molecule has 0 atom stereocenters. The summed E-state index contributed by atoms with van der Waals surface area (Å²) < 4.78 is 1.79. The summed E-state index contributed by atoms with van der Waals surface area (Å²) in [6, 6.07) is 11.2. The summed E-state index contributed by atoms with van der Waals surface area (Å²) in [7, 11) is 0. The molecule has 1 amide bonds. The summed E-state index contributed by atoms with van der Waals surface area (Å²) in [5.41, 5.74) is 3.47. The van der Waals surface area contributed by atoms with E-state index >= 15 is 0 Å². The summed E-state index contributed by atoms with van der Waals surface area (Å²) in [5.74, 6) is -0.320. The van der Waals surface area contributed by atoms with E-state index in [-0.39, 0.29) is 16.1 Å².